The zero-order valence-electron chi connectivity index (χ0n) is 8.94. The maximum Gasteiger partial charge on any atom is 0.115 e. The maximum atomic E-state index is 12.8. The second kappa shape index (κ2) is 5.20. The Morgan fingerprint density at radius 3 is 2.54 bits per heavy atom. The molecule has 0 aliphatic carbocycles. The molecule has 2 heterocycles. The summed E-state index contributed by atoms with van der Waals surface area (Å²) in [6, 6.07) is 0. The number of nitrogens with zero attached hydrogens (tertiary/aromatic N) is 1. The molecule has 0 amide bonds. The summed E-state index contributed by atoms with van der Waals surface area (Å²) >= 11 is 0. The summed E-state index contributed by atoms with van der Waals surface area (Å²) in [7, 11) is 0. The van der Waals surface area contributed by atoms with Crippen molar-refractivity contribution in [3.05, 3.63) is 0 Å². The molecule has 2 atom stereocenters. The fourth-order valence-electron chi connectivity index (χ4n) is 2.40. The van der Waals surface area contributed by atoms with E-state index in [0.717, 1.165) is 13.0 Å². The Morgan fingerprint density at radius 1 is 1.38 bits per heavy atom. The molecule has 0 aromatic carbocycles. The smallest absolute Gasteiger partial charge is 0.115 e. The van der Waals surface area contributed by atoms with Gasteiger partial charge in [-0.05, 0) is 32.7 Å². The molecule has 0 saturated carbocycles. The van der Waals surface area contributed by atoms with Crippen LogP contribution in [0.4, 0.5) is 4.39 Å². The van der Waals surface area contributed by atoms with E-state index in [1.165, 1.54) is 12.8 Å². The Bertz CT molecular complexity index is 154. The van der Waals surface area contributed by atoms with Crippen molar-refractivity contribution < 1.29 is 4.39 Å². The lowest BCUT2D eigenvalue weighted by molar-refractivity contribution is 0.217. The molecule has 2 rings (SSSR count). The minimum atomic E-state index is -0.551. The SMILES string of the molecule is CC.C[C@@]12CCCN1C[C@H](F)C2.S. The van der Waals surface area contributed by atoms with Gasteiger partial charge in [-0.2, -0.15) is 13.5 Å². The highest BCUT2D eigenvalue weighted by Crippen LogP contribution is 2.39. The third-order valence-corrected chi connectivity index (χ3v) is 2.99. The second-order valence-corrected chi connectivity index (χ2v) is 3.85. The molecular weight excluding hydrogens is 185 g/mol. The van der Waals surface area contributed by atoms with E-state index in [4.69, 9.17) is 0 Å². The van der Waals surface area contributed by atoms with E-state index in [9.17, 15) is 4.39 Å². The molecule has 1 nitrogen and oxygen atoms in total. The van der Waals surface area contributed by atoms with Crippen LogP contribution in [0.25, 0.3) is 0 Å². The predicted molar refractivity (Wildman–Crippen MR) is 60.5 cm³/mol. The summed E-state index contributed by atoms with van der Waals surface area (Å²) in [6.45, 7) is 8.01. The monoisotopic (exact) mass is 207 g/mol. The number of hydrogen-bond donors (Lipinski definition) is 0. The fraction of sp³-hybridized carbons (Fsp3) is 1.00. The van der Waals surface area contributed by atoms with Crippen molar-refractivity contribution in [1.29, 1.82) is 0 Å². The highest BCUT2D eigenvalue weighted by molar-refractivity contribution is 7.59. The quantitative estimate of drug-likeness (QED) is 0.590. The molecule has 0 unspecified atom stereocenters. The van der Waals surface area contributed by atoms with E-state index in [0.29, 0.717) is 6.54 Å². The van der Waals surface area contributed by atoms with Gasteiger partial charge in [0.2, 0.25) is 0 Å². The average Bonchev–Trinajstić information content (AvgIpc) is 2.46. The first-order valence-electron chi connectivity index (χ1n) is 5.10. The van der Waals surface area contributed by atoms with Crippen LogP contribution in [0.1, 0.15) is 40.0 Å². The van der Waals surface area contributed by atoms with Crippen molar-refractivity contribution in [3.8, 4) is 0 Å². The molecule has 0 aromatic rings. The van der Waals surface area contributed by atoms with Crippen molar-refractivity contribution in [2.24, 2.45) is 0 Å². The molecule has 2 aliphatic rings. The molecule has 0 radical (unpaired) electrons. The molecule has 0 aromatic heterocycles. The number of fused-ring (bicyclic) bond motifs is 1. The van der Waals surface area contributed by atoms with Crippen LogP contribution in [-0.2, 0) is 0 Å². The summed E-state index contributed by atoms with van der Waals surface area (Å²) in [5, 5.41) is 0. The molecule has 3 heteroatoms. The molecular formula is C10H22FNS. The Balaban J connectivity index is 0.000000451. The van der Waals surface area contributed by atoms with Gasteiger partial charge in [0.15, 0.2) is 0 Å². The Hall–Kier alpha value is 0.240. The molecule has 0 N–H and O–H groups in total. The van der Waals surface area contributed by atoms with Gasteiger partial charge in [0, 0.05) is 12.1 Å². The van der Waals surface area contributed by atoms with E-state index in [1.54, 1.807) is 0 Å². The third kappa shape index (κ3) is 2.59. The van der Waals surface area contributed by atoms with Crippen LogP contribution in [0.5, 0.6) is 0 Å². The fourth-order valence-corrected chi connectivity index (χ4v) is 2.40. The summed E-state index contributed by atoms with van der Waals surface area (Å²) in [5.41, 5.74) is 0.236. The van der Waals surface area contributed by atoms with Gasteiger partial charge in [-0.3, -0.25) is 4.90 Å². The van der Waals surface area contributed by atoms with Gasteiger partial charge < -0.3 is 0 Å². The number of rotatable bonds is 0. The van der Waals surface area contributed by atoms with Crippen LogP contribution in [0.3, 0.4) is 0 Å². The minimum absolute atomic E-state index is 0. The first-order valence-corrected chi connectivity index (χ1v) is 5.10. The van der Waals surface area contributed by atoms with Crippen molar-refractivity contribution >= 4 is 13.5 Å². The number of halogens is 1. The highest BCUT2D eigenvalue weighted by atomic mass is 32.1. The highest BCUT2D eigenvalue weighted by Gasteiger charge is 2.44. The Kier molecular flexibility index (Phi) is 5.30. The first-order chi connectivity index (χ1) is 5.71. The van der Waals surface area contributed by atoms with Gasteiger partial charge in [-0.15, -0.1) is 0 Å². The lowest BCUT2D eigenvalue weighted by Crippen LogP contribution is -2.34. The molecule has 13 heavy (non-hydrogen) atoms. The second-order valence-electron chi connectivity index (χ2n) is 3.85. The van der Waals surface area contributed by atoms with Gasteiger partial charge in [0.25, 0.3) is 0 Å². The van der Waals surface area contributed by atoms with Crippen LogP contribution in [0.15, 0.2) is 0 Å². The van der Waals surface area contributed by atoms with E-state index >= 15 is 0 Å². The Morgan fingerprint density at radius 2 is 2.00 bits per heavy atom. The van der Waals surface area contributed by atoms with Crippen LogP contribution < -0.4 is 0 Å². The van der Waals surface area contributed by atoms with Crippen molar-refractivity contribution in [3.63, 3.8) is 0 Å². The number of alkyl halides is 1. The first kappa shape index (κ1) is 13.2. The van der Waals surface area contributed by atoms with Crippen molar-refractivity contribution in [2.45, 2.75) is 51.7 Å². The van der Waals surface area contributed by atoms with Gasteiger partial charge in [0.05, 0.1) is 0 Å². The minimum Gasteiger partial charge on any atom is -0.295 e. The van der Waals surface area contributed by atoms with E-state index in [2.05, 4.69) is 11.8 Å². The van der Waals surface area contributed by atoms with Gasteiger partial charge in [-0.25, -0.2) is 4.39 Å². The molecule has 0 spiro atoms. The Labute approximate surface area is 88.1 Å². The average molecular weight is 207 g/mol. The van der Waals surface area contributed by atoms with E-state index in [-0.39, 0.29) is 19.0 Å². The summed E-state index contributed by atoms with van der Waals surface area (Å²) in [6.07, 6.45) is 2.69. The molecule has 2 fully saturated rings. The number of hydrogen-bond acceptors (Lipinski definition) is 1. The molecule has 80 valence electrons. The van der Waals surface area contributed by atoms with Crippen LogP contribution in [0.2, 0.25) is 0 Å². The maximum absolute atomic E-state index is 12.8. The molecule has 2 saturated heterocycles. The third-order valence-electron chi connectivity index (χ3n) is 2.99. The molecule has 2 aliphatic heterocycles. The van der Waals surface area contributed by atoms with Gasteiger partial charge >= 0.3 is 0 Å². The lowest BCUT2D eigenvalue weighted by Gasteiger charge is -2.25. The zero-order chi connectivity index (χ0) is 9.19. The van der Waals surface area contributed by atoms with Crippen LogP contribution in [0, 0.1) is 0 Å². The topological polar surface area (TPSA) is 3.24 Å². The standard InChI is InChI=1S/C8H14FN.C2H6.H2S/c1-8-3-2-4-10(8)6-7(9)5-8;1-2;/h7H,2-6H2,1H3;1-2H3;1H2/t7-,8+;;/m1../s1. The lowest BCUT2D eigenvalue weighted by atomic mass is 9.97. The van der Waals surface area contributed by atoms with E-state index < -0.39 is 6.17 Å². The van der Waals surface area contributed by atoms with Gasteiger partial charge in [0.1, 0.15) is 6.17 Å². The van der Waals surface area contributed by atoms with Gasteiger partial charge in [-0.1, -0.05) is 13.8 Å². The van der Waals surface area contributed by atoms with Crippen LogP contribution >= 0.6 is 13.5 Å². The van der Waals surface area contributed by atoms with Crippen molar-refractivity contribution in [1.82, 2.24) is 4.90 Å². The largest absolute Gasteiger partial charge is 0.295 e. The molecule has 0 bridgehead atoms. The van der Waals surface area contributed by atoms with Crippen molar-refractivity contribution in [2.75, 3.05) is 13.1 Å². The van der Waals surface area contributed by atoms with Crippen LogP contribution in [-0.4, -0.2) is 29.7 Å². The summed E-state index contributed by atoms with van der Waals surface area (Å²) in [5.74, 6) is 0. The predicted octanol–water partition coefficient (Wildman–Crippen LogP) is 2.72. The normalized spacial score (nSPS) is 37.4. The van der Waals surface area contributed by atoms with E-state index in [1.807, 2.05) is 13.8 Å². The summed E-state index contributed by atoms with van der Waals surface area (Å²) < 4.78 is 12.8. The summed E-state index contributed by atoms with van der Waals surface area (Å²) in [4.78, 5) is 2.30. The zero-order valence-corrected chi connectivity index (χ0v) is 9.94.